The number of carbonyl (C=O) groups is 1. The summed E-state index contributed by atoms with van der Waals surface area (Å²) in [5.74, 6) is -1.17. The Bertz CT molecular complexity index is 1570. The number of ether oxygens (including phenoxy) is 2. The molecule has 1 aliphatic heterocycles. The van der Waals surface area contributed by atoms with E-state index in [1.807, 2.05) is 0 Å². The molecule has 0 radical (unpaired) electrons. The zero-order chi connectivity index (χ0) is 28.9. The molecule has 1 fully saturated rings. The fourth-order valence-corrected chi connectivity index (χ4v) is 7.32. The number of nitrogens with one attached hydrogen (secondary N) is 1. The summed E-state index contributed by atoms with van der Waals surface area (Å²) in [6, 6.07) is 14.7. The molecule has 0 aromatic heterocycles. The van der Waals surface area contributed by atoms with Gasteiger partial charge in [-0.15, -0.1) is 0 Å². The lowest BCUT2D eigenvalue weighted by Gasteiger charge is -2.26. The van der Waals surface area contributed by atoms with Crippen LogP contribution in [0.3, 0.4) is 0 Å². The maximum atomic E-state index is 14.8. The third kappa shape index (κ3) is 6.21. The first-order chi connectivity index (χ1) is 19.1. The van der Waals surface area contributed by atoms with Gasteiger partial charge in [0.05, 0.1) is 29.7 Å². The zero-order valence-electron chi connectivity index (χ0n) is 22.0. The number of methoxy groups -OCH3 is 2. The Morgan fingerprint density at radius 2 is 1.50 bits per heavy atom. The largest absolute Gasteiger partial charge is 0.493 e. The molecule has 0 aliphatic carbocycles. The number of sulfonamides is 2. The molecule has 1 saturated heterocycles. The third-order valence-electron chi connectivity index (χ3n) is 6.44. The number of nitrogens with zero attached hydrogens (tertiary/aromatic N) is 2. The first-order valence-electron chi connectivity index (χ1n) is 12.5. The molecule has 1 amide bonds. The quantitative estimate of drug-likeness (QED) is 0.380. The van der Waals surface area contributed by atoms with Crippen LogP contribution < -0.4 is 19.1 Å². The number of halogens is 1. The molecule has 0 saturated carbocycles. The number of hydrogen-bond donors (Lipinski definition) is 1. The highest BCUT2D eigenvalue weighted by Gasteiger charge is 2.30. The van der Waals surface area contributed by atoms with E-state index in [2.05, 4.69) is 5.32 Å². The summed E-state index contributed by atoms with van der Waals surface area (Å²) in [7, 11) is -5.36. The second-order valence-electron chi connectivity index (χ2n) is 9.02. The van der Waals surface area contributed by atoms with Crippen LogP contribution in [0.2, 0.25) is 0 Å². The maximum Gasteiger partial charge on any atom is 0.265 e. The van der Waals surface area contributed by atoms with Crippen molar-refractivity contribution in [3.63, 3.8) is 0 Å². The van der Waals surface area contributed by atoms with Crippen LogP contribution in [0.15, 0.2) is 76.5 Å². The highest BCUT2D eigenvalue weighted by molar-refractivity contribution is 7.92. The summed E-state index contributed by atoms with van der Waals surface area (Å²) in [6.07, 6.45) is 2.60. The Labute approximate surface area is 233 Å². The van der Waals surface area contributed by atoms with E-state index in [9.17, 15) is 26.0 Å². The predicted molar refractivity (Wildman–Crippen MR) is 148 cm³/mol. The molecule has 1 N–H and O–H groups in total. The summed E-state index contributed by atoms with van der Waals surface area (Å²) in [5, 5.41) is 2.56. The van der Waals surface area contributed by atoms with Gasteiger partial charge in [-0.2, -0.15) is 4.31 Å². The van der Waals surface area contributed by atoms with Crippen LogP contribution in [0.5, 0.6) is 11.5 Å². The second kappa shape index (κ2) is 12.2. The predicted octanol–water partition coefficient (Wildman–Crippen LogP) is 3.85. The highest BCUT2D eigenvalue weighted by Crippen LogP contribution is 2.33. The van der Waals surface area contributed by atoms with Gasteiger partial charge in [-0.25, -0.2) is 21.2 Å². The van der Waals surface area contributed by atoms with Crippen molar-refractivity contribution in [2.75, 3.05) is 43.5 Å². The fourth-order valence-electron chi connectivity index (χ4n) is 4.35. The van der Waals surface area contributed by atoms with Gasteiger partial charge in [0.25, 0.3) is 10.0 Å². The van der Waals surface area contributed by atoms with Gasteiger partial charge in [-0.1, -0.05) is 18.6 Å². The number of amides is 1. The normalized spacial score (nSPS) is 14.4. The lowest BCUT2D eigenvalue weighted by Crippen LogP contribution is -2.38. The van der Waals surface area contributed by atoms with E-state index in [1.54, 1.807) is 0 Å². The number of piperidine rings is 1. The Hall–Kier alpha value is -3.68. The second-order valence-corrected chi connectivity index (χ2v) is 12.8. The average Bonchev–Trinajstić information content (AvgIpc) is 2.96. The van der Waals surface area contributed by atoms with E-state index >= 15 is 0 Å². The van der Waals surface area contributed by atoms with Crippen LogP contribution in [0, 0.1) is 5.82 Å². The molecule has 4 rings (SSSR count). The van der Waals surface area contributed by atoms with Crippen LogP contribution in [0.25, 0.3) is 0 Å². The molecular weight excluding hydrogens is 561 g/mol. The molecule has 0 atom stereocenters. The Morgan fingerprint density at radius 3 is 2.12 bits per heavy atom. The van der Waals surface area contributed by atoms with Crippen molar-refractivity contribution in [2.24, 2.45) is 0 Å². The molecule has 3 aromatic rings. The lowest BCUT2D eigenvalue weighted by molar-refractivity contribution is -0.114. The minimum atomic E-state index is -4.45. The number of anilines is 2. The zero-order valence-corrected chi connectivity index (χ0v) is 23.7. The molecule has 0 bridgehead atoms. The van der Waals surface area contributed by atoms with Crippen LogP contribution in [-0.2, 0) is 24.8 Å². The number of carbonyl (C=O) groups excluding carboxylic acids is 1. The molecule has 214 valence electrons. The van der Waals surface area contributed by atoms with Crippen molar-refractivity contribution in [2.45, 2.75) is 29.1 Å². The van der Waals surface area contributed by atoms with Crippen LogP contribution in [-0.4, -0.2) is 60.9 Å². The smallest absolute Gasteiger partial charge is 0.265 e. The Kier molecular flexibility index (Phi) is 8.96. The summed E-state index contributed by atoms with van der Waals surface area (Å²) in [6.45, 7) is 0.161. The minimum absolute atomic E-state index is 0.0939. The van der Waals surface area contributed by atoms with Crippen LogP contribution in [0.4, 0.5) is 15.8 Å². The van der Waals surface area contributed by atoms with E-state index in [-0.39, 0.29) is 26.9 Å². The van der Waals surface area contributed by atoms with Crippen molar-refractivity contribution in [3.05, 3.63) is 72.5 Å². The number of benzene rings is 3. The molecule has 0 spiro atoms. The van der Waals surface area contributed by atoms with Crippen molar-refractivity contribution in [1.82, 2.24) is 4.31 Å². The maximum absolute atomic E-state index is 14.8. The van der Waals surface area contributed by atoms with Crippen LogP contribution >= 0.6 is 0 Å². The van der Waals surface area contributed by atoms with Gasteiger partial charge in [-0.05, 0) is 61.4 Å². The lowest BCUT2D eigenvalue weighted by atomic mass is 10.2. The van der Waals surface area contributed by atoms with Gasteiger partial charge in [0.2, 0.25) is 15.9 Å². The summed E-state index contributed by atoms with van der Waals surface area (Å²) < 4.78 is 80.4. The molecule has 13 heteroatoms. The van der Waals surface area contributed by atoms with Gasteiger partial charge in [0.1, 0.15) is 12.4 Å². The van der Waals surface area contributed by atoms with Crippen LogP contribution in [0.1, 0.15) is 19.3 Å². The van der Waals surface area contributed by atoms with Crippen molar-refractivity contribution in [1.29, 1.82) is 0 Å². The number of rotatable bonds is 10. The molecule has 1 heterocycles. The van der Waals surface area contributed by atoms with E-state index in [1.165, 1.54) is 79.2 Å². The molecule has 0 unspecified atom stereocenters. The van der Waals surface area contributed by atoms with E-state index in [4.69, 9.17) is 9.47 Å². The summed E-state index contributed by atoms with van der Waals surface area (Å²) in [4.78, 5) is 12.9. The third-order valence-corrected chi connectivity index (χ3v) is 10.1. The molecule has 40 heavy (non-hydrogen) atoms. The number of hydrogen-bond acceptors (Lipinski definition) is 7. The van der Waals surface area contributed by atoms with Crippen molar-refractivity contribution < 1.29 is 35.5 Å². The van der Waals surface area contributed by atoms with Crippen molar-refractivity contribution >= 4 is 37.3 Å². The van der Waals surface area contributed by atoms with Gasteiger partial charge in [-0.3, -0.25) is 9.10 Å². The van der Waals surface area contributed by atoms with Gasteiger partial charge >= 0.3 is 0 Å². The molecular formula is C27H30FN3O7S2. The highest BCUT2D eigenvalue weighted by atomic mass is 32.2. The molecule has 10 nitrogen and oxygen atoms in total. The van der Waals surface area contributed by atoms with E-state index < -0.39 is 38.3 Å². The minimum Gasteiger partial charge on any atom is -0.493 e. The molecule has 3 aromatic carbocycles. The first kappa shape index (κ1) is 29.3. The number of para-hydroxylation sites is 1. The van der Waals surface area contributed by atoms with Crippen molar-refractivity contribution in [3.8, 4) is 11.5 Å². The van der Waals surface area contributed by atoms with E-state index in [0.717, 1.165) is 25.3 Å². The Balaban J connectivity index is 1.58. The van der Waals surface area contributed by atoms with Gasteiger partial charge in [0.15, 0.2) is 11.5 Å². The average molecular weight is 592 g/mol. The first-order valence-corrected chi connectivity index (χ1v) is 15.4. The van der Waals surface area contributed by atoms with Gasteiger partial charge < -0.3 is 14.8 Å². The Morgan fingerprint density at radius 1 is 0.875 bits per heavy atom. The van der Waals surface area contributed by atoms with Gasteiger partial charge in [0, 0.05) is 24.8 Å². The monoisotopic (exact) mass is 591 g/mol. The van der Waals surface area contributed by atoms with E-state index in [0.29, 0.717) is 23.1 Å². The fraction of sp³-hybridized carbons (Fsp3) is 0.296. The SMILES string of the molecule is COc1ccc(S(=O)(=O)N(CC(=O)Nc2ccc(S(=O)(=O)N3CCCCC3)cc2)c2ccccc2F)cc1OC. The molecule has 1 aliphatic rings. The standard InChI is InChI=1S/C27H30FN3O7S2/c1-37-25-15-14-22(18-26(25)38-2)40(35,36)31(24-9-5-4-8-23(24)28)19-27(32)29-20-10-12-21(13-11-20)39(33,34)30-16-6-3-7-17-30/h4-5,8-15,18H,3,6-7,16-17,19H2,1-2H3,(H,29,32). The summed E-state index contributed by atoms with van der Waals surface area (Å²) in [5.41, 5.74) is -0.0741. The topological polar surface area (TPSA) is 122 Å². The summed E-state index contributed by atoms with van der Waals surface area (Å²) >= 11 is 0.